The molecule has 4 nitrogen and oxygen atoms in total. The molecular formula is C14H17Cl2N3O. The van der Waals surface area contributed by atoms with E-state index in [2.05, 4.69) is 24.0 Å². The first-order chi connectivity index (χ1) is 9.47. The van der Waals surface area contributed by atoms with Crippen LogP contribution in [0.25, 0.3) is 0 Å². The minimum Gasteiger partial charge on any atom is -0.338 e. The number of hydrogen-bond donors (Lipinski definition) is 1. The standard InChI is InChI=1S/C14H17Cl2N3O/c1-8(2)6-12(17)14-18-13(19-20-14)7-9-10(15)4-3-5-11(9)16/h3-5,8,12H,6-7,17H2,1-2H3. The van der Waals surface area contributed by atoms with Gasteiger partial charge in [0.2, 0.25) is 5.89 Å². The molecule has 0 amide bonds. The summed E-state index contributed by atoms with van der Waals surface area (Å²) in [5.41, 5.74) is 6.81. The lowest BCUT2D eigenvalue weighted by molar-refractivity contribution is 0.333. The molecule has 1 atom stereocenters. The predicted octanol–water partition coefficient (Wildman–Crippen LogP) is 4.01. The van der Waals surface area contributed by atoms with E-state index in [-0.39, 0.29) is 6.04 Å². The molecule has 2 aromatic rings. The van der Waals surface area contributed by atoms with Crippen LogP contribution in [0.5, 0.6) is 0 Å². The van der Waals surface area contributed by atoms with Gasteiger partial charge >= 0.3 is 0 Å². The zero-order valence-electron chi connectivity index (χ0n) is 11.4. The average molecular weight is 314 g/mol. The van der Waals surface area contributed by atoms with Crippen molar-refractivity contribution in [3.63, 3.8) is 0 Å². The molecule has 2 rings (SSSR count). The smallest absolute Gasteiger partial charge is 0.243 e. The highest BCUT2D eigenvalue weighted by Crippen LogP contribution is 2.26. The van der Waals surface area contributed by atoms with Crippen LogP contribution in [-0.2, 0) is 6.42 Å². The summed E-state index contributed by atoms with van der Waals surface area (Å²) in [4.78, 5) is 4.32. The van der Waals surface area contributed by atoms with Crippen LogP contribution in [0.15, 0.2) is 22.7 Å². The molecule has 6 heteroatoms. The normalized spacial score (nSPS) is 12.9. The van der Waals surface area contributed by atoms with Crippen LogP contribution in [0.1, 0.15) is 43.6 Å². The summed E-state index contributed by atoms with van der Waals surface area (Å²) in [6.45, 7) is 4.20. The van der Waals surface area contributed by atoms with Gasteiger partial charge in [0.25, 0.3) is 0 Å². The SMILES string of the molecule is CC(C)CC(N)c1nc(Cc2c(Cl)cccc2Cl)no1. The number of hydrogen-bond acceptors (Lipinski definition) is 4. The van der Waals surface area contributed by atoms with Crippen LogP contribution >= 0.6 is 23.2 Å². The molecule has 0 aliphatic heterocycles. The first-order valence-electron chi connectivity index (χ1n) is 6.48. The molecule has 1 aromatic carbocycles. The molecular weight excluding hydrogens is 297 g/mol. The zero-order chi connectivity index (χ0) is 14.7. The maximum atomic E-state index is 6.12. The fraction of sp³-hybridized carbons (Fsp3) is 0.429. The largest absolute Gasteiger partial charge is 0.338 e. The molecule has 0 fully saturated rings. The van der Waals surface area contributed by atoms with E-state index >= 15 is 0 Å². The Labute approximate surface area is 128 Å². The van der Waals surface area contributed by atoms with Crippen molar-refractivity contribution in [2.75, 3.05) is 0 Å². The van der Waals surface area contributed by atoms with Crippen LogP contribution in [0.2, 0.25) is 10.0 Å². The zero-order valence-corrected chi connectivity index (χ0v) is 12.9. The van der Waals surface area contributed by atoms with Gasteiger partial charge in [-0.15, -0.1) is 0 Å². The van der Waals surface area contributed by atoms with Gasteiger partial charge in [-0.25, -0.2) is 0 Å². The molecule has 0 saturated carbocycles. The van der Waals surface area contributed by atoms with Gasteiger partial charge in [0.15, 0.2) is 5.82 Å². The van der Waals surface area contributed by atoms with Crippen molar-refractivity contribution < 1.29 is 4.52 Å². The minimum atomic E-state index is -0.238. The number of benzene rings is 1. The number of aromatic nitrogens is 2. The van der Waals surface area contributed by atoms with E-state index in [1.807, 2.05) is 0 Å². The molecule has 1 unspecified atom stereocenters. The van der Waals surface area contributed by atoms with Gasteiger partial charge in [-0.3, -0.25) is 0 Å². The summed E-state index contributed by atoms with van der Waals surface area (Å²) in [7, 11) is 0. The third kappa shape index (κ3) is 3.72. The highest BCUT2D eigenvalue weighted by atomic mass is 35.5. The lowest BCUT2D eigenvalue weighted by Crippen LogP contribution is -2.13. The lowest BCUT2D eigenvalue weighted by atomic mass is 10.0. The second-order valence-corrected chi connectivity index (χ2v) is 5.98. The maximum absolute atomic E-state index is 6.12. The van der Waals surface area contributed by atoms with E-state index in [1.54, 1.807) is 18.2 Å². The summed E-state index contributed by atoms with van der Waals surface area (Å²) in [6, 6.07) is 5.13. The van der Waals surface area contributed by atoms with Gasteiger partial charge in [-0.2, -0.15) is 4.98 Å². The fourth-order valence-electron chi connectivity index (χ4n) is 1.96. The molecule has 108 valence electrons. The van der Waals surface area contributed by atoms with Crippen molar-refractivity contribution in [1.82, 2.24) is 10.1 Å². The van der Waals surface area contributed by atoms with Gasteiger partial charge in [0, 0.05) is 16.5 Å². The monoisotopic (exact) mass is 313 g/mol. The van der Waals surface area contributed by atoms with Crippen molar-refractivity contribution >= 4 is 23.2 Å². The van der Waals surface area contributed by atoms with Crippen LogP contribution in [0.3, 0.4) is 0 Å². The molecule has 0 aliphatic rings. The Balaban J connectivity index is 2.14. The summed E-state index contributed by atoms with van der Waals surface area (Å²) in [6.07, 6.45) is 1.23. The third-order valence-corrected chi connectivity index (χ3v) is 3.63. The van der Waals surface area contributed by atoms with Crippen LogP contribution < -0.4 is 5.73 Å². The van der Waals surface area contributed by atoms with Crippen LogP contribution in [-0.4, -0.2) is 10.1 Å². The summed E-state index contributed by atoms with van der Waals surface area (Å²) < 4.78 is 5.21. The number of halogens is 2. The third-order valence-electron chi connectivity index (χ3n) is 2.92. The molecule has 0 bridgehead atoms. The molecule has 0 aliphatic carbocycles. The first kappa shape index (κ1) is 15.3. The minimum absolute atomic E-state index is 0.238. The predicted molar refractivity (Wildman–Crippen MR) is 79.9 cm³/mol. The van der Waals surface area contributed by atoms with Gasteiger partial charge in [0.05, 0.1) is 6.04 Å². The van der Waals surface area contributed by atoms with Crippen molar-refractivity contribution in [3.05, 3.63) is 45.5 Å². The van der Waals surface area contributed by atoms with E-state index in [0.717, 1.165) is 12.0 Å². The Hall–Kier alpha value is -1.10. The summed E-state index contributed by atoms with van der Waals surface area (Å²) in [5, 5.41) is 5.12. The summed E-state index contributed by atoms with van der Waals surface area (Å²) >= 11 is 12.2. The maximum Gasteiger partial charge on any atom is 0.243 e. The quantitative estimate of drug-likeness (QED) is 0.905. The Morgan fingerprint density at radius 3 is 2.50 bits per heavy atom. The molecule has 1 heterocycles. The van der Waals surface area contributed by atoms with Gasteiger partial charge < -0.3 is 10.3 Å². The molecule has 20 heavy (non-hydrogen) atoms. The van der Waals surface area contributed by atoms with E-state index in [4.69, 9.17) is 33.5 Å². The molecule has 0 radical (unpaired) electrons. The van der Waals surface area contributed by atoms with Crippen molar-refractivity contribution in [3.8, 4) is 0 Å². The first-order valence-corrected chi connectivity index (χ1v) is 7.24. The van der Waals surface area contributed by atoms with Gasteiger partial charge in [-0.05, 0) is 30.0 Å². The average Bonchev–Trinajstić information content (AvgIpc) is 2.82. The van der Waals surface area contributed by atoms with Gasteiger partial charge in [-0.1, -0.05) is 48.3 Å². The van der Waals surface area contributed by atoms with Crippen LogP contribution in [0, 0.1) is 5.92 Å². The molecule has 0 saturated heterocycles. The van der Waals surface area contributed by atoms with Crippen molar-refractivity contribution in [2.45, 2.75) is 32.7 Å². The highest BCUT2D eigenvalue weighted by molar-refractivity contribution is 6.36. The van der Waals surface area contributed by atoms with E-state index in [1.165, 1.54) is 0 Å². The fourth-order valence-corrected chi connectivity index (χ4v) is 2.49. The van der Waals surface area contributed by atoms with Crippen molar-refractivity contribution in [2.24, 2.45) is 11.7 Å². The second-order valence-electron chi connectivity index (χ2n) is 5.16. The highest BCUT2D eigenvalue weighted by Gasteiger charge is 2.17. The van der Waals surface area contributed by atoms with Gasteiger partial charge in [0.1, 0.15) is 0 Å². The lowest BCUT2D eigenvalue weighted by Gasteiger charge is -2.08. The Morgan fingerprint density at radius 2 is 1.90 bits per heavy atom. The number of nitrogens with zero attached hydrogens (tertiary/aromatic N) is 2. The second kappa shape index (κ2) is 6.57. The number of rotatable bonds is 5. The molecule has 2 N–H and O–H groups in total. The van der Waals surface area contributed by atoms with Crippen molar-refractivity contribution in [1.29, 1.82) is 0 Å². The van der Waals surface area contributed by atoms with E-state index in [9.17, 15) is 0 Å². The Kier molecular flexibility index (Phi) is 5.02. The molecule has 1 aromatic heterocycles. The van der Waals surface area contributed by atoms with E-state index in [0.29, 0.717) is 34.1 Å². The van der Waals surface area contributed by atoms with E-state index < -0.39 is 0 Å². The summed E-state index contributed by atoms with van der Waals surface area (Å²) in [5.74, 6) is 1.46. The Bertz CT molecular complexity index is 563. The topological polar surface area (TPSA) is 64.9 Å². The van der Waals surface area contributed by atoms with Crippen LogP contribution in [0.4, 0.5) is 0 Å². The number of nitrogens with two attached hydrogens (primary N) is 1. The Morgan fingerprint density at radius 1 is 1.25 bits per heavy atom. The molecule has 0 spiro atoms.